The van der Waals surface area contributed by atoms with Crippen molar-refractivity contribution in [1.82, 2.24) is 4.72 Å². The molecule has 1 unspecified atom stereocenters. The molecule has 0 aliphatic heterocycles. The van der Waals surface area contributed by atoms with Crippen molar-refractivity contribution in [3.63, 3.8) is 0 Å². The number of ether oxygens (including phenoxy) is 1. The van der Waals surface area contributed by atoms with Crippen molar-refractivity contribution in [3.05, 3.63) is 24.3 Å². The van der Waals surface area contributed by atoms with Crippen LogP contribution in [0.5, 0.6) is 5.75 Å². The van der Waals surface area contributed by atoms with Crippen LogP contribution < -0.4 is 15.2 Å². The molecule has 0 saturated carbocycles. The summed E-state index contributed by atoms with van der Waals surface area (Å²) in [6.45, 7) is 7.02. The van der Waals surface area contributed by atoms with Crippen LogP contribution >= 0.6 is 0 Å². The van der Waals surface area contributed by atoms with E-state index in [1.165, 1.54) is 0 Å². The molecule has 0 spiro atoms. The van der Waals surface area contributed by atoms with E-state index in [1.54, 1.807) is 24.3 Å². The third-order valence-electron chi connectivity index (χ3n) is 2.96. The maximum atomic E-state index is 12.2. The van der Waals surface area contributed by atoms with Crippen LogP contribution in [0.3, 0.4) is 0 Å². The monoisotopic (exact) mass is 314 g/mol. The molecule has 1 aromatic carbocycles. The molecular weight excluding hydrogens is 288 g/mol. The lowest BCUT2D eigenvalue weighted by molar-refractivity contribution is 0.271. The van der Waals surface area contributed by atoms with Gasteiger partial charge in [0, 0.05) is 12.6 Å². The SMILES string of the molecule is CCCC(CN)NS(=O)(=O)c1ccc(OCC(C)C)cc1. The third-order valence-corrected chi connectivity index (χ3v) is 4.50. The van der Waals surface area contributed by atoms with E-state index >= 15 is 0 Å². The normalized spacial score (nSPS) is 13.4. The van der Waals surface area contributed by atoms with Gasteiger partial charge in [-0.05, 0) is 36.6 Å². The van der Waals surface area contributed by atoms with Gasteiger partial charge >= 0.3 is 0 Å². The second-order valence-electron chi connectivity index (χ2n) is 5.52. The Labute approximate surface area is 127 Å². The van der Waals surface area contributed by atoms with E-state index in [0.29, 0.717) is 24.8 Å². The third kappa shape index (κ3) is 6.03. The number of hydrogen-bond donors (Lipinski definition) is 2. The highest BCUT2D eigenvalue weighted by Crippen LogP contribution is 2.17. The molecule has 5 nitrogen and oxygen atoms in total. The summed E-state index contributed by atoms with van der Waals surface area (Å²) in [5.74, 6) is 1.10. The van der Waals surface area contributed by atoms with Crippen LogP contribution in [0.1, 0.15) is 33.6 Å². The fraction of sp³-hybridized carbons (Fsp3) is 0.600. The number of nitrogens with two attached hydrogens (primary N) is 1. The Balaban J connectivity index is 2.75. The van der Waals surface area contributed by atoms with E-state index < -0.39 is 10.0 Å². The Morgan fingerprint density at radius 2 is 1.86 bits per heavy atom. The molecule has 1 rings (SSSR count). The highest BCUT2D eigenvalue weighted by molar-refractivity contribution is 7.89. The van der Waals surface area contributed by atoms with Crippen LogP contribution in [0.25, 0.3) is 0 Å². The Kier molecular flexibility index (Phi) is 7.14. The van der Waals surface area contributed by atoms with E-state index in [9.17, 15) is 8.42 Å². The van der Waals surface area contributed by atoms with Crippen molar-refractivity contribution in [3.8, 4) is 5.75 Å². The molecule has 0 saturated heterocycles. The van der Waals surface area contributed by atoms with Gasteiger partial charge in [0.25, 0.3) is 0 Å². The molecule has 0 radical (unpaired) electrons. The molecule has 6 heteroatoms. The van der Waals surface area contributed by atoms with Crippen molar-refractivity contribution >= 4 is 10.0 Å². The smallest absolute Gasteiger partial charge is 0.240 e. The molecule has 0 bridgehead atoms. The van der Waals surface area contributed by atoms with Gasteiger partial charge in [-0.15, -0.1) is 0 Å². The summed E-state index contributed by atoms with van der Waals surface area (Å²) in [5, 5.41) is 0. The predicted molar refractivity (Wildman–Crippen MR) is 84.8 cm³/mol. The Morgan fingerprint density at radius 3 is 2.33 bits per heavy atom. The minimum atomic E-state index is -3.53. The largest absolute Gasteiger partial charge is 0.493 e. The molecular formula is C15H26N2O3S. The summed E-state index contributed by atoms with van der Waals surface area (Å²) in [6, 6.07) is 6.23. The van der Waals surface area contributed by atoms with E-state index in [4.69, 9.17) is 10.5 Å². The summed E-state index contributed by atoms with van der Waals surface area (Å²) >= 11 is 0. The van der Waals surface area contributed by atoms with Gasteiger partial charge in [-0.3, -0.25) is 0 Å². The number of sulfonamides is 1. The van der Waals surface area contributed by atoms with Gasteiger partial charge in [-0.2, -0.15) is 0 Å². The van der Waals surface area contributed by atoms with Crippen LogP contribution in [0.4, 0.5) is 0 Å². The minimum Gasteiger partial charge on any atom is -0.493 e. The Hall–Kier alpha value is -1.11. The molecule has 0 heterocycles. The highest BCUT2D eigenvalue weighted by atomic mass is 32.2. The first-order valence-corrected chi connectivity index (χ1v) is 8.82. The maximum absolute atomic E-state index is 12.2. The van der Waals surface area contributed by atoms with E-state index in [0.717, 1.165) is 12.8 Å². The molecule has 1 atom stereocenters. The van der Waals surface area contributed by atoms with Crippen LogP contribution in [-0.2, 0) is 10.0 Å². The van der Waals surface area contributed by atoms with E-state index in [2.05, 4.69) is 18.6 Å². The fourth-order valence-electron chi connectivity index (χ4n) is 1.84. The average molecular weight is 314 g/mol. The van der Waals surface area contributed by atoms with Crippen molar-refractivity contribution in [2.75, 3.05) is 13.2 Å². The molecule has 0 aliphatic rings. The van der Waals surface area contributed by atoms with Crippen LogP contribution in [0.2, 0.25) is 0 Å². The summed E-state index contributed by atoms with van der Waals surface area (Å²) in [6.07, 6.45) is 1.61. The maximum Gasteiger partial charge on any atom is 0.240 e. The number of hydrogen-bond acceptors (Lipinski definition) is 4. The summed E-state index contributed by atoms with van der Waals surface area (Å²) < 4.78 is 32.7. The van der Waals surface area contributed by atoms with Gasteiger partial charge < -0.3 is 10.5 Å². The number of benzene rings is 1. The molecule has 0 amide bonds. The zero-order valence-electron chi connectivity index (χ0n) is 13.0. The lowest BCUT2D eigenvalue weighted by Gasteiger charge is -2.16. The average Bonchev–Trinajstić information content (AvgIpc) is 2.45. The van der Waals surface area contributed by atoms with Crippen molar-refractivity contribution in [1.29, 1.82) is 0 Å². The summed E-state index contributed by atoms with van der Waals surface area (Å²) in [7, 11) is -3.53. The van der Waals surface area contributed by atoms with Crippen molar-refractivity contribution in [2.45, 2.75) is 44.6 Å². The van der Waals surface area contributed by atoms with E-state index in [1.807, 2.05) is 6.92 Å². The molecule has 0 aromatic heterocycles. The standard InChI is InChI=1S/C15H26N2O3S/c1-4-5-13(10-16)17-21(18,19)15-8-6-14(7-9-15)20-11-12(2)3/h6-9,12-13,17H,4-5,10-11,16H2,1-3H3. The first-order chi connectivity index (χ1) is 9.89. The lowest BCUT2D eigenvalue weighted by Crippen LogP contribution is -2.39. The molecule has 21 heavy (non-hydrogen) atoms. The van der Waals surface area contributed by atoms with Gasteiger partial charge in [-0.1, -0.05) is 27.2 Å². The topological polar surface area (TPSA) is 81.4 Å². The first kappa shape index (κ1) is 17.9. The zero-order chi connectivity index (χ0) is 15.9. The van der Waals surface area contributed by atoms with Gasteiger partial charge in [0.2, 0.25) is 10.0 Å². The fourth-order valence-corrected chi connectivity index (χ4v) is 3.12. The summed E-state index contributed by atoms with van der Waals surface area (Å²) in [4.78, 5) is 0.231. The van der Waals surface area contributed by atoms with Crippen molar-refractivity contribution < 1.29 is 13.2 Å². The van der Waals surface area contributed by atoms with Gasteiger partial charge in [-0.25, -0.2) is 13.1 Å². The molecule has 0 fully saturated rings. The Morgan fingerprint density at radius 1 is 1.24 bits per heavy atom. The second-order valence-corrected chi connectivity index (χ2v) is 7.23. The first-order valence-electron chi connectivity index (χ1n) is 7.34. The molecule has 0 aliphatic carbocycles. The zero-order valence-corrected chi connectivity index (χ0v) is 13.8. The van der Waals surface area contributed by atoms with Crippen LogP contribution in [0.15, 0.2) is 29.2 Å². The minimum absolute atomic E-state index is 0.225. The molecule has 1 aromatic rings. The number of nitrogens with one attached hydrogen (secondary N) is 1. The van der Waals surface area contributed by atoms with Gasteiger partial charge in [0.05, 0.1) is 11.5 Å². The van der Waals surface area contributed by atoms with Gasteiger partial charge in [0.15, 0.2) is 0 Å². The second kappa shape index (κ2) is 8.36. The van der Waals surface area contributed by atoms with E-state index in [-0.39, 0.29) is 10.9 Å². The predicted octanol–water partition coefficient (Wildman–Crippen LogP) is 2.13. The van der Waals surface area contributed by atoms with Crippen molar-refractivity contribution in [2.24, 2.45) is 11.7 Å². The Bertz CT molecular complexity index is 512. The molecule has 3 N–H and O–H groups in total. The molecule has 120 valence electrons. The number of rotatable bonds is 9. The van der Waals surface area contributed by atoms with Crippen LogP contribution in [0, 0.1) is 5.92 Å². The quantitative estimate of drug-likeness (QED) is 0.731. The highest BCUT2D eigenvalue weighted by Gasteiger charge is 2.18. The van der Waals surface area contributed by atoms with Gasteiger partial charge in [0.1, 0.15) is 5.75 Å². The summed E-state index contributed by atoms with van der Waals surface area (Å²) in [5.41, 5.74) is 5.59. The van der Waals surface area contributed by atoms with Crippen LogP contribution in [-0.4, -0.2) is 27.6 Å². The lowest BCUT2D eigenvalue weighted by atomic mass is 10.2.